The fourth-order valence-electron chi connectivity index (χ4n) is 3.50. The van der Waals surface area contributed by atoms with Gasteiger partial charge in [0.25, 0.3) is 0 Å². The van der Waals surface area contributed by atoms with Gasteiger partial charge in [-0.2, -0.15) is 0 Å². The number of aliphatic hydroxyl groups excluding tert-OH is 2. The van der Waals surface area contributed by atoms with Crippen LogP contribution in [0.1, 0.15) is 33.6 Å². The van der Waals surface area contributed by atoms with Gasteiger partial charge in [0.1, 0.15) is 6.61 Å². The highest BCUT2D eigenvalue weighted by molar-refractivity contribution is 5.86. The van der Waals surface area contributed by atoms with Crippen LogP contribution in [0.2, 0.25) is 0 Å². The molecule has 0 fully saturated rings. The Morgan fingerprint density at radius 2 is 1.85 bits per heavy atom. The average Bonchev–Trinajstić information content (AvgIpc) is 3.16. The predicted octanol–water partition coefficient (Wildman–Crippen LogP) is 3.16. The molecule has 0 aliphatic heterocycles. The van der Waals surface area contributed by atoms with Crippen molar-refractivity contribution < 1.29 is 24.5 Å². The summed E-state index contributed by atoms with van der Waals surface area (Å²) in [6.45, 7) is 14.2. The van der Waals surface area contributed by atoms with E-state index >= 15 is 0 Å². The van der Waals surface area contributed by atoms with Crippen molar-refractivity contribution in [3.63, 3.8) is 0 Å². The monoisotopic (exact) mass is 467 g/mol. The van der Waals surface area contributed by atoms with E-state index in [9.17, 15) is 15.0 Å². The molecular weight excluding hydrogens is 430 g/mol. The second-order valence-electron chi connectivity index (χ2n) is 8.46. The third-order valence-corrected chi connectivity index (χ3v) is 5.59. The summed E-state index contributed by atoms with van der Waals surface area (Å²) in [7, 11) is 0. The molecule has 184 valence electrons. The molecule has 6 heteroatoms. The molecule has 34 heavy (non-hydrogen) atoms. The van der Waals surface area contributed by atoms with Gasteiger partial charge in [0.15, 0.2) is 0 Å². The van der Waals surface area contributed by atoms with E-state index in [1.165, 1.54) is 0 Å². The Bertz CT molecular complexity index is 1080. The van der Waals surface area contributed by atoms with Crippen molar-refractivity contribution in [1.29, 1.82) is 0 Å². The molecule has 0 saturated heterocycles. The van der Waals surface area contributed by atoms with Crippen molar-refractivity contribution in [2.45, 2.75) is 46.3 Å². The average molecular weight is 468 g/mol. The van der Waals surface area contributed by atoms with Crippen LogP contribution in [-0.2, 0) is 20.8 Å². The number of carbonyl (C=O) groups excluding carboxylic acids is 1. The lowest BCUT2D eigenvalue weighted by atomic mass is 10.0. The number of allylic oxidation sites excluding steroid dienone is 2. The molecule has 6 nitrogen and oxygen atoms in total. The molecule has 0 saturated carbocycles. The minimum absolute atomic E-state index is 0.0967. The molecule has 0 aliphatic carbocycles. The third kappa shape index (κ3) is 8.04. The molecule has 2 rings (SSSR count). The number of benzene rings is 1. The van der Waals surface area contributed by atoms with E-state index in [1.807, 2.05) is 37.3 Å². The summed E-state index contributed by atoms with van der Waals surface area (Å²) < 4.78 is 13.0. The number of aliphatic hydroxyl groups is 2. The number of esters is 1. The van der Waals surface area contributed by atoms with E-state index < -0.39 is 12.1 Å². The molecule has 0 aliphatic rings. The quantitative estimate of drug-likeness (QED) is 0.269. The summed E-state index contributed by atoms with van der Waals surface area (Å²) in [6, 6.07) is 12.3. The van der Waals surface area contributed by atoms with E-state index in [2.05, 4.69) is 42.8 Å². The van der Waals surface area contributed by atoms with Crippen LogP contribution in [0.5, 0.6) is 0 Å². The largest absolute Gasteiger partial charge is 0.496 e. The molecular formula is C28H37NO5. The van der Waals surface area contributed by atoms with Crippen LogP contribution < -0.4 is 10.6 Å². The molecule has 1 heterocycles. The number of rotatable bonds is 13. The summed E-state index contributed by atoms with van der Waals surface area (Å²) in [5, 5.41) is 21.7. The van der Waals surface area contributed by atoms with Gasteiger partial charge in [0.2, 0.25) is 0 Å². The molecule has 0 amide bonds. The summed E-state index contributed by atoms with van der Waals surface area (Å²) in [5.41, 5.74) is 2.58. The molecule has 2 atom stereocenters. The number of aromatic nitrogens is 1. The Morgan fingerprint density at radius 1 is 1.15 bits per heavy atom. The van der Waals surface area contributed by atoms with E-state index in [-0.39, 0.29) is 25.7 Å². The first kappa shape index (κ1) is 27.2. The maximum absolute atomic E-state index is 11.5. The normalized spacial score (nSPS) is 14.0. The number of ether oxygens (including phenoxy) is 2. The molecule has 2 unspecified atom stereocenters. The molecule has 0 bridgehead atoms. The highest BCUT2D eigenvalue weighted by atomic mass is 16.5. The van der Waals surface area contributed by atoms with Crippen LogP contribution in [0.25, 0.3) is 23.9 Å². The van der Waals surface area contributed by atoms with E-state index in [0.29, 0.717) is 24.2 Å². The maximum Gasteiger partial charge on any atom is 0.333 e. The van der Waals surface area contributed by atoms with Gasteiger partial charge in [0.05, 0.1) is 18.5 Å². The SMILES string of the molecule is C=C(C)C(=O)OCC(CO)CCC(O)CO/C(C)=C/C=c1/cc(-c2ccccc2)n(CC)c1=C. The van der Waals surface area contributed by atoms with Crippen molar-refractivity contribution in [3.05, 3.63) is 71.0 Å². The van der Waals surface area contributed by atoms with Crippen LogP contribution in [0.15, 0.2) is 60.4 Å². The smallest absolute Gasteiger partial charge is 0.333 e. The van der Waals surface area contributed by atoms with Crippen molar-refractivity contribution in [3.8, 4) is 11.3 Å². The van der Waals surface area contributed by atoms with Gasteiger partial charge in [-0.1, -0.05) is 43.5 Å². The first-order valence-corrected chi connectivity index (χ1v) is 11.6. The van der Waals surface area contributed by atoms with Crippen LogP contribution >= 0.6 is 0 Å². The summed E-state index contributed by atoms with van der Waals surface area (Å²) >= 11 is 0. The Kier molecular flexibility index (Phi) is 10.8. The highest BCUT2D eigenvalue weighted by Crippen LogP contribution is 2.16. The Hall–Kier alpha value is -3.09. The zero-order valence-electron chi connectivity index (χ0n) is 20.5. The van der Waals surface area contributed by atoms with Crippen molar-refractivity contribution in [1.82, 2.24) is 4.57 Å². The number of nitrogens with zero attached hydrogens (tertiary/aromatic N) is 1. The molecule has 2 aromatic rings. The fourth-order valence-corrected chi connectivity index (χ4v) is 3.50. The molecule has 0 spiro atoms. The summed E-state index contributed by atoms with van der Waals surface area (Å²) in [6.07, 6.45) is 4.09. The predicted molar refractivity (Wildman–Crippen MR) is 136 cm³/mol. The molecule has 0 radical (unpaired) electrons. The number of hydrogen-bond acceptors (Lipinski definition) is 5. The van der Waals surface area contributed by atoms with Gasteiger partial charge >= 0.3 is 5.97 Å². The first-order valence-electron chi connectivity index (χ1n) is 11.6. The Morgan fingerprint density at radius 3 is 2.47 bits per heavy atom. The zero-order valence-corrected chi connectivity index (χ0v) is 20.5. The highest BCUT2D eigenvalue weighted by Gasteiger charge is 2.14. The third-order valence-electron chi connectivity index (χ3n) is 5.59. The topological polar surface area (TPSA) is 80.9 Å². The van der Waals surface area contributed by atoms with Gasteiger partial charge < -0.3 is 24.3 Å². The van der Waals surface area contributed by atoms with Crippen molar-refractivity contribution in [2.24, 2.45) is 5.92 Å². The van der Waals surface area contributed by atoms with Crippen LogP contribution in [-0.4, -0.2) is 46.7 Å². The molecule has 2 N–H and O–H groups in total. The molecule has 1 aromatic carbocycles. The number of hydrogen-bond donors (Lipinski definition) is 2. The summed E-state index contributed by atoms with van der Waals surface area (Å²) in [4.78, 5) is 11.5. The van der Waals surface area contributed by atoms with Gasteiger partial charge in [-0.25, -0.2) is 4.79 Å². The minimum atomic E-state index is -0.691. The van der Waals surface area contributed by atoms with Gasteiger partial charge in [-0.05, 0) is 62.6 Å². The van der Waals surface area contributed by atoms with Gasteiger partial charge in [-0.15, -0.1) is 0 Å². The Labute approximate surface area is 202 Å². The van der Waals surface area contributed by atoms with E-state index in [0.717, 1.165) is 28.4 Å². The lowest BCUT2D eigenvalue weighted by Gasteiger charge is -2.17. The first-order chi connectivity index (χ1) is 16.3. The van der Waals surface area contributed by atoms with Crippen molar-refractivity contribution >= 4 is 18.6 Å². The van der Waals surface area contributed by atoms with E-state index in [1.54, 1.807) is 6.92 Å². The zero-order chi connectivity index (χ0) is 25.1. The van der Waals surface area contributed by atoms with Gasteiger partial charge in [-0.3, -0.25) is 0 Å². The second-order valence-corrected chi connectivity index (χ2v) is 8.46. The summed E-state index contributed by atoms with van der Waals surface area (Å²) in [5.74, 6) is -0.0344. The standard InChI is InChI=1S/C28H37NO5/c1-6-29-22(5)25(16-27(29)24-10-8-7-9-11-24)14-12-21(4)33-19-26(31)15-13-23(17-30)18-34-28(32)20(2)3/h7-12,14,16,23,26,30-31H,2,5-6,13,15,17-19H2,1,3-4H3/b21-12+,25-14-. The fraction of sp³-hybridized carbons (Fsp3) is 0.393. The van der Waals surface area contributed by atoms with E-state index in [4.69, 9.17) is 9.47 Å². The maximum atomic E-state index is 11.5. The van der Waals surface area contributed by atoms with Crippen LogP contribution in [0, 0.1) is 5.92 Å². The van der Waals surface area contributed by atoms with Crippen LogP contribution in [0.3, 0.4) is 0 Å². The lowest BCUT2D eigenvalue weighted by Crippen LogP contribution is -2.26. The van der Waals surface area contributed by atoms with Gasteiger partial charge in [0, 0.05) is 35.7 Å². The molecule has 1 aromatic heterocycles. The van der Waals surface area contributed by atoms with Crippen LogP contribution in [0.4, 0.5) is 0 Å². The Balaban J connectivity index is 1.93. The van der Waals surface area contributed by atoms with Crippen molar-refractivity contribution in [2.75, 3.05) is 19.8 Å². The number of carbonyl (C=O) groups is 1. The lowest BCUT2D eigenvalue weighted by molar-refractivity contribution is -0.140. The second kappa shape index (κ2) is 13.6. The minimum Gasteiger partial charge on any atom is -0.496 e.